The first-order chi connectivity index (χ1) is 9.16. The second kappa shape index (κ2) is 4.47. The summed E-state index contributed by atoms with van der Waals surface area (Å²) in [6.07, 6.45) is 0. The Kier molecular flexibility index (Phi) is 2.79. The maximum Gasteiger partial charge on any atom is 0.337 e. The summed E-state index contributed by atoms with van der Waals surface area (Å²) in [6, 6.07) is 5.03. The van der Waals surface area contributed by atoms with E-state index in [1.165, 1.54) is 5.56 Å². The fraction of sp³-hybridized carbons (Fsp3) is 0.154. The van der Waals surface area contributed by atoms with Crippen LogP contribution in [-0.4, -0.2) is 26.1 Å². The van der Waals surface area contributed by atoms with Crippen LogP contribution in [0.4, 0.5) is 0 Å². The zero-order valence-electron chi connectivity index (χ0n) is 10.2. The minimum Gasteiger partial charge on any atom is -0.478 e. The molecule has 0 aliphatic heterocycles. The van der Waals surface area contributed by atoms with E-state index in [0.29, 0.717) is 17.6 Å². The summed E-state index contributed by atoms with van der Waals surface area (Å²) in [7, 11) is 0. The second-order valence-corrected chi connectivity index (χ2v) is 5.05. The van der Waals surface area contributed by atoms with Gasteiger partial charge >= 0.3 is 5.97 Å². The quantitative estimate of drug-likeness (QED) is 0.796. The number of carboxylic acid groups (broad SMARTS) is 1. The Morgan fingerprint density at radius 1 is 1.42 bits per heavy atom. The third kappa shape index (κ3) is 2.00. The molecule has 0 saturated heterocycles. The molecule has 1 aromatic carbocycles. The van der Waals surface area contributed by atoms with Gasteiger partial charge in [-0.15, -0.1) is 5.10 Å². The molecule has 0 bridgehead atoms. The minimum absolute atomic E-state index is 0.232. The summed E-state index contributed by atoms with van der Waals surface area (Å²) < 4.78 is 1.65. The smallest absolute Gasteiger partial charge is 0.337 e. The van der Waals surface area contributed by atoms with Crippen LogP contribution in [0.25, 0.3) is 11.0 Å². The molecule has 0 fully saturated rings. The lowest BCUT2D eigenvalue weighted by Gasteiger charge is -2.04. The molecule has 1 N–H and O–H groups in total. The van der Waals surface area contributed by atoms with E-state index < -0.39 is 5.97 Å². The van der Waals surface area contributed by atoms with Crippen LogP contribution in [0.1, 0.15) is 21.5 Å². The Bertz CT molecular complexity index is 760. The Hall–Kier alpha value is -2.21. The molecule has 3 rings (SSSR count). The third-order valence-corrected chi connectivity index (χ3v) is 3.96. The van der Waals surface area contributed by atoms with Crippen molar-refractivity contribution < 1.29 is 9.90 Å². The number of para-hydroxylation sites is 1. The van der Waals surface area contributed by atoms with Crippen molar-refractivity contribution in [2.45, 2.75) is 13.5 Å². The number of aromatic nitrogens is 3. The molecule has 2 aromatic heterocycles. The second-order valence-electron chi connectivity index (χ2n) is 4.31. The minimum atomic E-state index is -0.962. The Labute approximate surface area is 113 Å². The molecule has 2 heterocycles. The van der Waals surface area contributed by atoms with Gasteiger partial charge in [0.15, 0.2) is 0 Å². The number of carboxylic acids is 1. The van der Waals surface area contributed by atoms with Gasteiger partial charge in [0, 0.05) is 0 Å². The average Bonchev–Trinajstić information content (AvgIpc) is 2.97. The molecule has 96 valence electrons. The predicted octanol–water partition coefficient (Wildman–Crippen LogP) is 2.55. The molecule has 0 saturated carbocycles. The van der Waals surface area contributed by atoms with E-state index >= 15 is 0 Å². The van der Waals surface area contributed by atoms with Gasteiger partial charge in [0.05, 0.1) is 12.1 Å². The number of nitrogens with zero attached hydrogens (tertiary/aromatic N) is 3. The lowest BCUT2D eigenvalue weighted by Crippen LogP contribution is -2.06. The molecule has 0 amide bonds. The van der Waals surface area contributed by atoms with Crippen LogP contribution in [0.2, 0.25) is 0 Å². The first-order valence-electron chi connectivity index (χ1n) is 5.74. The van der Waals surface area contributed by atoms with Crippen molar-refractivity contribution in [3.63, 3.8) is 0 Å². The van der Waals surface area contributed by atoms with Gasteiger partial charge in [0.2, 0.25) is 0 Å². The Balaban J connectivity index is 2.14. The van der Waals surface area contributed by atoms with E-state index in [9.17, 15) is 9.90 Å². The monoisotopic (exact) mass is 273 g/mol. The van der Waals surface area contributed by atoms with E-state index in [1.54, 1.807) is 34.2 Å². The molecule has 19 heavy (non-hydrogen) atoms. The van der Waals surface area contributed by atoms with Crippen LogP contribution in [0, 0.1) is 6.92 Å². The maximum atomic E-state index is 11.3. The summed E-state index contributed by atoms with van der Waals surface area (Å²) in [4.78, 5) is 11.3. The summed E-state index contributed by atoms with van der Waals surface area (Å²) in [5.41, 5.74) is 3.72. The first kappa shape index (κ1) is 11.9. The third-order valence-electron chi connectivity index (χ3n) is 3.05. The highest BCUT2D eigenvalue weighted by molar-refractivity contribution is 7.08. The summed E-state index contributed by atoms with van der Waals surface area (Å²) >= 11 is 1.63. The highest BCUT2D eigenvalue weighted by Gasteiger charge is 2.15. The highest BCUT2D eigenvalue weighted by atomic mass is 32.1. The normalized spacial score (nSPS) is 11.0. The standard InChI is InChI=1S/C13H11N3O2S/c1-8-6-19-7-9(8)5-16-12-10(13(17)18)3-2-4-11(12)14-15-16/h2-4,6-7H,5H2,1H3,(H,17,18). The Morgan fingerprint density at radius 3 is 2.95 bits per heavy atom. The van der Waals surface area contributed by atoms with Gasteiger partial charge in [0.1, 0.15) is 11.0 Å². The number of rotatable bonds is 3. The number of aromatic carboxylic acids is 1. The van der Waals surface area contributed by atoms with Crippen LogP contribution in [0.15, 0.2) is 29.0 Å². The fourth-order valence-corrected chi connectivity index (χ4v) is 2.87. The van der Waals surface area contributed by atoms with Gasteiger partial charge in [0.25, 0.3) is 0 Å². The summed E-state index contributed by atoms with van der Waals surface area (Å²) in [5.74, 6) is -0.962. The molecule has 0 aliphatic carbocycles. The molecule has 0 radical (unpaired) electrons. The molecule has 5 nitrogen and oxygen atoms in total. The van der Waals surface area contributed by atoms with Gasteiger partial charge in [-0.05, 0) is 40.9 Å². The fourth-order valence-electron chi connectivity index (χ4n) is 2.02. The number of hydrogen-bond donors (Lipinski definition) is 1. The lowest BCUT2D eigenvalue weighted by atomic mass is 10.1. The van der Waals surface area contributed by atoms with E-state index in [-0.39, 0.29) is 5.56 Å². The largest absolute Gasteiger partial charge is 0.478 e. The van der Waals surface area contributed by atoms with E-state index in [4.69, 9.17) is 0 Å². The first-order valence-corrected chi connectivity index (χ1v) is 6.68. The molecule has 0 aliphatic rings. The lowest BCUT2D eigenvalue weighted by molar-refractivity contribution is 0.0698. The van der Waals surface area contributed by atoms with Crippen LogP contribution < -0.4 is 0 Å². The number of thiophene rings is 1. The molecular formula is C13H11N3O2S. The Morgan fingerprint density at radius 2 is 2.26 bits per heavy atom. The number of carbonyl (C=O) groups is 1. The van der Waals surface area contributed by atoms with Crippen molar-refractivity contribution >= 4 is 28.3 Å². The maximum absolute atomic E-state index is 11.3. The number of hydrogen-bond acceptors (Lipinski definition) is 4. The highest BCUT2D eigenvalue weighted by Crippen LogP contribution is 2.20. The van der Waals surface area contributed by atoms with Crippen LogP contribution in [0.5, 0.6) is 0 Å². The molecule has 0 atom stereocenters. The van der Waals surface area contributed by atoms with Crippen LogP contribution >= 0.6 is 11.3 Å². The van der Waals surface area contributed by atoms with E-state index in [2.05, 4.69) is 15.7 Å². The van der Waals surface area contributed by atoms with Crippen molar-refractivity contribution in [2.75, 3.05) is 0 Å². The molecule has 3 aromatic rings. The van der Waals surface area contributed by atoms with Crippen molar-refractivity contribution in [3.8, 4) is 0 Å². The van der Waals surface area contributed by atoms with Gasteiger partial charge in [-0.2, -0.15) is 11.3 Å². The van der Waals surface area contributed by atoms with Crippen molar-refractivity contribution in [3.05, 3.63) is 45.6 Å². The van der Waals surface area contributed by atoms with Gasteiger partial charge in [-0.1, -0.05) is 11.3 Å². The topological polar surface area (TPSA) is 68.0 Å². The number of aryl methyl sites for hydroxylation is 1. The average molecular weight is 273 g/mol. The predicted molar refractivity (Wildman–Crippen MR) is 72.6 cm³/mol. The SMILES string of the molecule is Cc1cscc1Cn1nnc2cccc(C(=O)O)c21. The van der Waals surface area contributed by atoms with E-state index in [0.717, 1.165) is 5.56 Å². The van der Waals surface area contributed by atoms with Gasteiger partial charge < -0.3 is 5.11 Å². The number of fused-ring (bicyclic) bond motifs is 1. The van der Waals surface area contributed by atoms with Crippen molar-refractivity contribution in [1.29, 1.82) is 0 Å². The number of benzene rings is 1. The zero-order valence-corrected chi connectivity index (χ0v) is 11.0. The molecule has 6 heteroatoms. The van der Waals surface area contributed by atoms with E-state index in [1.807, 2.05) is 12.3 Å². The molecule has 0 spiro atoms. The van der Waals surface area contributed by atoms with Crippen LogP contribution in [-0.2, 0) is 6.54 Å². The zero-order chi connectivity index (χ0) is 13.4. The van der Waals surface area contributed by atoms with Gasteiger partial charge in [-0.3, -0.25) is 0 Å². The van der Waals surface area contributed by atoms with Crippen LogP contribution in [0.3, 0.4) is 0 Å². The summed E-state index contributed by atoms with van der Waals surface area (Å²) in [5, 5.41) is 21.4. The molecular weight excluding hydrogens is 262 g/mol. The van der Waals surface area contributed by atoms with Crippen molar-refractivity contribution in [1.82, 2.24) is 15.0 Å². The molecule has 0 unspecified atom stereocenters. The van der Waals surface area contributed by atoms with Gasteiger partial charge in [-0.25, -0.2) is 9.48 Å². The van der Waals surface area contributed by atoms with Crippen molar-refractivity contribution in [2.24, 2.45) is 0 Å². The summed E-state index contributed by atoms with van der Waals surface area (Å²) in [6.45, 7) is 2.57.